The highest BCUT2D eigenvalue weighted by Gasteiger charge is 2.54. The van der Waals surface area contributed by atoms with Crippen LogP contribution in [-0.4, -0.2) is 24.7 Å². The number of nitro groups is 1. The Kier molecular flexibility index (Phi) is 3.69. The number of nitro benzene ring substituents is 1. The van der Waals surface area contributed by atoms with Gasteiger partial charge >= 0.3 is 0 Å². The van der Waals surface area contributed by atoms with Crippen molar-refractivity contribution in [1.29, 1.82) is 0 Å². The van der Waals surface area contributed by atoms with Gasteiger partial charge in [-0.2, -0.15) is 9.61 Å². The Morgan fingerprint density at radius 2 is 1.69 bits per heavy atom. The Morgan fingerprint density at radius 3 is 2.31 bits per heavy atom. The first-order valence-electron chi connectivity index (χ1n) is 10.2. The fourth-order valence-corrected chi connectivity index (χ4v) is 7.03. The molecule has 1 aromatic carbocycles. The van der Waals surface area contributed by atoms with E-state index in [-0.39, 0.29) is 16.0 Å². The van der Waals surface area contributed by atoms with Gasteiger partial charge in [-0.3, -0.25) is 10.1 Å². The summed E-state index contributed by atoms with van der Waals surface area (Å²) in [6, 6.07) is 6.53. The summed E-state index contributed by atoms with van der Waals surface area (Å²) in [5.41, 5.74) is 1.17. The van der Waals surface area contributed by atoms with Gasteiger partial charge in [-0.25, -0.2) is 0 Å². The molecule has 0 N–H and O–H groups in total. The van der Waals surface area contributed by atoms with Crippen LogP contribution in [0.15, 0.2) is 24.3 Å². The molecular weight excluding hydrogens is 386 g/mol. The van der Waals surface area contributed by atoms with Gasteiger partial charge in [-0.05, 0) is 80.1 Å². The molecule has 0 atom stereocenters. The second-order valence-electron chi connectivity index (χ2n) is 9.04. The molecule has 0 saturated heterocycles. The van der Waals surface area contributed by atoms with Crippen LogP contribution in [0.5, 0.6) is 0 Å². The Bertz CT molecular complexity index is 1090. The Hall–Kier alpha value is -2.61. The van der Waals surface area contributed by atoms with Crippen LogP contribution >= 0.6 is 11.3 Å². The van der Waals surface area contributed by atoms with Crippen molar-refractivity contribution < 1.29 is 4.92 Å². The molecule has 0 unspecified atom stereocenters. The maximum atomic E-state index is 10.8. The lowest BCUT2D eigenvalue weighted by molar-refractivity contribution is -0.384. The molecule has 0 spiro atoms. The summed E-state index contributed by atoms with van der Waals surface area (Å²) in [6.07, 6.45) is 11.8. The molecule has 4 saturated carbocycles. The highest BCUT2D eigenvalue weighted by Crippen LogP contribution is 2.60. The molecule has 4 aliphatic carbocycles. The molecule has 2 heterocycles. The van der Waals surface area contributed by atoms with Crippen LogP contribution in [0.1, 0.15) is 54.9 Å². The van der Waals surface area contributed by atoms with Crippen molar-refractivity contribution in [1.82, 2.24) is 19.8 Å². The molecule has 3 aromatic rings. The molecule has 8 heteroatoms. The zero-order valence-corrected chi connectivity index (χ0v) is 16.7. The topological polar surface area (TPSA) is 86.2 Å². The Balaban J connectivity index is 1.30. The molecule has 4 fully saturated rings. The molecule has 29 heavy (non-hydrogen) atoms. The molecule has 0 aliphatic heterocycles. The SMILES string of the molecule is O=[N+]([O-])c1ccc(/C=C/c2nn3c(C45CC6CC(CC(C6)C4)C5)nnc3s2)cc1. The summed E-state index contributed by atoms with van der Waals surface area (Å²) in [7, 11) is 0. The van der Waals surface area contributed by atoms with Crippen LogP contribution in [0.25, 0.3) is 17.1 Å². The Morgan fingerprint density at radius 1 is 1.03 bits per heavy atom. The molecule has 2 aromatic heterocycles. The van der Waals surface area contributed by atoms with Gasteiger partial charge in [0.2, 0.25) is 4.96 Å². The van der Waals surface area contributed by atoms with Crippen LogP contribution in [0.2, 0.25) is 0 Å². The van der Waals surface area contributed by atoms with Crippen molar-refractivity contribution in [2.24, 2.45) is 17.8 Å². The maximum absolute atomic E-state index is 10.8. The van der Waals surface area contributed by atoms with Crippen LogP contribution in [-0.2, 0) is 5.41 Å². The van der Waals surface area contributed by atoms with E-state index in [0.717, 1.165) is 39.1 Å². The van der Waals surface area contributed by atoms with Gasteiger partial charge in [0, 0.05) is 17.5 Å². The van der Waals surface area contributed by atoms with E-state index in [0.29, 0.717) is 0 Å². The second-order valence-corrected chi connectivity index (χ2v) is 10.0. The first kappa shape index (κ1) is 17.3. The first-order valence-corrected chi connectivity index (χ1v) is 11.0. The average Bonchev–Trinajstić information content (AvgIpc) is 3.26. The smallest absolute Gasteiger partial charge is 0.258 e. The highest BCUT2D eigenvalue weighted by atomic mass is 32.1. The van der Waals surface area contributed by atoms with Crippen molar-refractivity contribution in [3.05, 3.63) is 50.8 Å². The van der Waals surface area contributed by atoms with Crippen LogP contribution in [0.4, 0.5) is 5.69 Å². The van der Waals surface area contributed by atoms with Crippen LogP contribution in [0.3, 0.4) is 0 Å². The number of hydrogen-bond acceptors (Lipinski definition) is 6. The molecule has 7 nitrogen and oxygen atoms in total. The third-order valence-electron chi connectivity index (χ3n) is 7.04. The van der Waals surface area contributed by atoms with Crippen LogP contribution < -0.4 is 0 Å². The summed E-state index contributed by atoms with van der Waals surface area (Å²) in [4.78, 5) is 11.2. The van der Waals surface area contributed by atoms with E-state index in [9.17, 15) is 10.1 Å². The van der Waals surface area contributed by atoms with E-state index < -0.39 is 0 Å². The van der Waals surface area contributed by atoms with Crippen LogP contribution in [0, 0.1) is 27.9 Å². The quantitative estimate of drug-likeness (QED) is 0.461. The normalized spacial score (nSPS) is 30.6. The second kappa shape index (κ2) is 6.19. The number of fused-ring (bicyclic) bond motifs is 1. The zero-order chi connectivity index (χ0) is 19.6. The van der Waals surface area contributed by atoms with Gasteiger partial charge in [-0.1, -0.05) is 17.4 Å². The number of benzene rings is 1. The van der Waals surface area contributed by atoms with Gasteiger partial charge in [0.1, 0.15) is 5.01 Å². The minimum atomic E-state index is -0.387. The number of non-ortho nitro benzene ring substituents is 1. The third kappa shape index (κ3) is 2.80. The van der Waals surface area contributed by atoms with E-state index in [1.54, 1.807) is 12.1 Å². The summed E-state index contributed by atoms with van der Waals surface area (Å²) < 4.78 is 1.98. The van der Waals surface area contributed by atoms with E-state index in [1.165, 1.54) is 62.0 Å². The molecular formula is C21H21N5O2S. The molecule has 0 amide bonds. The minimum Gasteiger partial charge on any atom is -0.258 e. The number of rotatable bonds is 4. The molecule has 0 radical (unpaired) electrons. The minimum absolute atomic E-state index is 0.0983. The third-order valence-corrected chi connectivity index (χ3v) is 7.91. The van der Waals surface area contributed by atoms with Crippen molar-refractivity contribution in [3.8, 4) is 0 Å². The molecule has 148 valence electrons. The lowest BCUT2D eigenvalue weighted by Gasteiger charge is -2.55. The van der Waals surface area contributed by atoms with Gasteiger partial charge < -0.3 is 0 Å². The standard InChI is InChI=1S/C21H21N5O2S/c27-26(28)17-4-1-13(2-5-17)3-6-18-24-25-19(22-23-20(25)29-18)21-10-14-7-15(11-21)9-16(8-14)12-21/h1-6,14-16H,7-12H2/b6-3+. The van der Waals surface area contributed by atoms with E-state index in [2.05, 4.69) is 10.2 Å². The summed E-state index contributed by atoms with van der Waals surface area (Å²) >= 11 is 1.53. The highest BCUT2D eigenvalue weighted by molar-refractivity contribution is 7.17. The van der Waals surface area contributed by atoms with Gasteiger partial charge in [-0.15, -0.1) is 10.2 Å². The largest absolute Gasteiger partial charge is 0.269 e. The zero-order valence-electron chi connectivity index (χ0n) is 15.9. The maximum Gasteiger partial charge on any atom is 0.269 e. The molecule has 4 aliphatic rings. The fourth-order valence-electron chi connectivity index (χ4n) is 6.29. The lowest BCUT2D eigenvalue weighted by Crippen LogP contribution is -2.49. The van der Waals surface area contributed by atoms with E-state index >= 15 is 0 Å². The van der Waals surface area contributed by atoms with Crippen molar-refractivity contribution in [2.75, 3.05) is 0 Å². The first-order chi connectivity index (χ1) is 14.1. The summed E-state index contributed by atoms with van der Waals surface area (Å²) in [6.45, 7) is 0. The summed E-state index contributed by atoms with van der Waals surface area (Å²) in [5, 5.41) is 25.5. The Labute approximate surface area is 171 Å². The van der Waals surface area contributed by atoms with Gasteiger partial charge in [0.05, 0.1) is 4.92 Å². The monoisotopic (exact) mass is 407 g/mol. The predicted molar refractivity (Wildman–Crippen MR) is 111 cm³/mol. The lowest BCUT2D eigenvalue weighted by atomic mass is 9.49. The fraction of sp³-hybridized carbons (Fsp3) is 0.476. The van der Waals surface area contributed by atoms with Crippen molar-refractivity contribution in [3.63, 3.8) is 0 Å². The number of hydrogen-bond donors (Lipinski definition) is 0. The number of nitrogens with zero attached hydrogens (tertiary/aromatic N) is 5. The molecule has 7 rings (SSSR count). The van der Waals surface area contributed by atoms with Crippen molar-refractivity contribution >= 4 is 34.1 Å². The number of aromatic nitrogens is 4. The predicted octanol–water partition coefficient (Wildman–Crippen LogP) is 4.73. The molecule has 4 bridgehead atoms. The van der Waals surface area contributed by atoms with Crippen molar-refractivity contribution in [2.45, 2.75) is 43.9 Å². The van der Waals surface area contributed by atoms with Gasteiger partial charge in [0.15, 0.2) is 5.82 Å². The van der Waals surface area contributed by atoms with Gasteiger partial charge in [0.25, 0.3) is 5.69 Å². The van der Waals surface area contributed by atoms with E-state index in [4.69, 9.17) is 5.10 Å². The van der Waals surface area contributed by atoms with E-state index in [1.807, 2.05) is 16.7 Å². The average molecular weight is 407 g/mol. The summed E-state index contributed by atoms with van der Waals surface area (Å²) in [5.74, 6) is 3.63.